The van der Waals surface area contributed by atoms with Gasteiger partial charge in [-0.05, 0) is 44.4 Å². The van der Waals surface area contributed by atoms with E-state index in [0.29, 0.717) is 10.6 Å². The molecule has 6 heteroatoms. The van der Waals surface area contributed by atoms with E-state index >= 15 is 0 Å². The summed E-state index contributed by atoms with van der Waals surface area (Å²) in [4.78, 5) is 26.5. The number of thiophene rings is 1. The fourth-order valence-electron chi connectivity index (χ4n) is 2.31. The predicted octanol–water partition coefficient (Wildman–Crippen LogP) is 3.70. The van der Waals surface area contributed by atoms with Gasteiger partial charge in [-0.1, -0.05) is 17.7 Å². The molecule has 0 bridgehead atoms. The van der Waals surface area contributed by atoms with E-state index in [1.807, 2.05) is 49.9 Å². The second-order valence-electron chi connectivity index (χ2n) is 5.76. The van der Waals surface area contributed by atoms with E-state index in [0.717, 1.165) is 5.69 Å². The van der Waals surface area contributed by atoms with Gasteiger partial charge in [-0.3, -0.25) is 4.79 Å². The van der Waals surface area contributed by atoms with Crippen LogP contribution in [-0.2, 0) is 9.53 Å². The zero-order chi connectivity index (χ0) is 17.7. The largest absolute Gasteiger partial charge is 0.465 e. The minimum Gasteiger partial charge on any atom is -0.465 e. The van der Waals surface area contributed by atoms with Gasteiger partial charge in [-0.2, -0.15) is 0 Å². The van der Waals surface area contributed by atoms with Gasteiger partial charge >= 0.3 is 5.97 Å². The summed E-state index contributed by atoms with van der Waals surface area (Å²) >= 11 is 1.24. The van der Waals surface area contributed by atoms with Crippen molar-refractivity contribution in [1.82, 2.24) is 0 Å². The number of amides is 1. The summed E-state index contributed by atoms with van der Waals surface area (Å²) in [5.74, 6) is -0.618. The van der Waals surface area contributed by atoms with Crippen molar-refractivity contribution in [2.45, 2.75) is 26.8 Å². The summed E-state index contributed by atoms with van der Waals surface area (Å²) in [7, 11) is 1.32. The van der Waals surface area contributed by atoms with Gasteiger partial charge in [-0.15, -0.1) is 11.3 Å². The average Bonchev–Trinajstić information content (AvgIpc) is 3.00. The van der Waals surface area contributed by atoms with Crippen LogP contribution in [0.25, 0.3) is 0 Å². The lowest BCUT2D eigenvalue weighted by Crippen LogP contribution is -2.38. The third-order valence-electron chi connectivity index (χ3n) is 3.61. The summed E-state index contributed by atoms with van der Waals surface area (Å²) in [6.45, 7) is 6.31. The SMILES string of the molecule is COC(=O)c1sccc1NC(=O)CN(c1ccc(C)cc1)C(C)C. The Morgan fingerprint density at radius 2 is 1.88 bits per heavy atom. The minimum absolute atomic E-state index is 0.168. The number of hydrogen-bond donors (Lipinski definition) is 1. The monoisotopic (exact) mass is 346 g/mol. The Labute approximate surface area is 146 Å². The third kappa shape index (κ3) is 4.35. The number of methoxy groups -OCH3 is 1. The topological polar surface area (TPSA) is 58.6 Å². The number of carbonyl (C=O) groups is 2. The number of benzene rings is 1. The number of nitrogens with one attached hydrogen (secondary N) is 1. The molecule has 2 rings (SSSR count). The van der Waals surface area contributed by atoms with Gasteiger partial charge in [0.15, 0.2) is 0 Å². The molecule has 2 aromatic rings. The minimum atomic E-state index is -0.445. The van der Waals surface area contributed by atoms with Crippen LogP contribution in [0, 0.1) is 6.92 Å². The quantitative estimate of drug-likeness (QED) is 0.810. The first-order valence-electron chi connectivity index (χ1n) is 7.71. The highest BCUT2D eigenvalue weighted by Crippen LogP contribution is 2.23. The highest BCUT2D eigenvalue weighted by molar-refractivity contribution is 7.12. The lowest BCUT2D eigenvalue weighted by atomic mass is 10.2. The molecular weight excluding hydrogens is 324 g/mol. The van der Waals surface area contributed by atoms with Crippen molar-refractivity contribution in [1.29, 1.82) is 0 Å². The van der Waals surface area contributed by atoms with Crippen LogP contribution in [0.15, 0.2) is 35.7 Å². The molecule has 0 spiro atoms. The lowest BCUT2D eigenvalue weighted by Gasteiger charge is -2.28. The Balaban J connectivity index is 2.10. The molecule has 5 nitrogen and oxygen atoms in total. The van der Waals surface area contributed by atoms with Gasteiger partial charge in [0.05, 0.1) is 19.3 Å². The molecule has 0 atom stereocenters. The third-order valence-corrected chi connectivity index (χ3v) is 4.51. The van der Waals surface area contributed by atoms with Gasteiger partial charge in [0.1, 0.15) is 4.88 Å². The Bertz CT molecular complexity index is 707. The maximum Gasteiger partial charge on any atom is 0.350 e. The first kappa shape index (κ1) is 18.0. The molecule has 1 heterocycles. The zero-order valence-corrected chi connectivity index (χ0v) is 15.1. The van der Waals surface area contributed by atoms with Crippen LogP contribution < -0.4 is 10.2 Å². The molecule has 0 saturated carbocycles. The molecule has 1 aromatic carbocycles. The molecule has 24 heavy (non-hydrogen) atoms. The first-order valence-corrected chi connectivity index (χ1v) is 8.59. The van der Waals surface area contributed by atoms with E-state index in [-0.39, 0.29) is 18.5 Å². The Morgan fingerprint density at radius 1 is 1.21 bits per heavy atom. The number of carbonyl (C=O) groups excluding carboxylic acids is 2. The van der Waals surface area contributed by atoms with Crippen LogP contribution in [0.4, 0.5) is 11.4 Å². The molecule has 0 unspecified atom stereocenters. The summed E-state index contributed by atoms with van der Waals surface area (Å²) in [6, 6.07) is 9.94. The van der Waals surface area contributed by atoms with E-state index in [9.17, 15) is 9.59 Å². The van der Waals surface area contributed by atoms with E-state index in [1.54, 1.807) is 11.4 Å². The van der Waals surface area contributed by atoms with Gasteiger partial charge in [-0.25, -0.2) is 4.79 Å². The van der Waals surface area contributed by atoms with E-state index in [4.69, 9.17) is 4.74 Å². The molecule has 0 saturated heterocycles. The number of aryl methyl sites for hydroxylation is 1. The van der Waals surface area contributed by atoms with Crippen molar-refractivity contribution < 1.29 is 14.3 Å². The number of nitrogens with zero attached hydrogens (tertiary/aromatic N) is 1. The molecule has 0 aliphatic heterocycles. The molecular formula is C18H22N2O3S. The van der Waals surface area contributed by atoms with Crippen LogP contribution in [0.2, 0.25) is 0 Å². The Kier molecular flexibility index (Phi) is 5.98. The molecule has 0 fully saturated rings. The molecule has 1 aromatic heterocycles. The van der Waals surface area contributed by atoms with Gasteiger partial charge in [0, 0.05) is 11.7 Å². The van der Waals surface area contributed by atoms with Crippen LogP contribution in [0.1, 0.15) is 29.1 Å². The van der Waals surface area contributed by atoms with Gasteiger partial charge < -0.3 is 15.0 Å². The van der Waals surface area contributed by atoms with E-state index in [1.165, 1.54) is 24.0 Å². The average molecular weight is 346 g/mol. The van der Waals surface area contributed by atoms with Crippen molar-refractivity contribution in [3.63, 3.8) is 0 Å². The van der Waals surface area contributed by atoms with Crippen molar-refractivity contribution in [3.05, 3.63) is 46.2 Å². The standard InChI is InChI=1S/C18H22N2O3S/c1-12(2)20(14-7-5-13(3)6-8-14)11-16(21)19-15-9-10-24-17(15)18(22)23-4/h5-10,12H,11H2,1-4H3,(H,19,21). The van der Waals surface area contributed by atoms with Crippen LogP contribution in [0.5, 0.6) is 0 Å². The zero-order valence-electron chi connectivity index (χ0n) is 14.3. The molecule has 0 aliphatic rings. The van der Waals surface area contributed by atoms with Crippen LogP contribution in [-0.4, -0.2) is 31.6 Å². The number of ether oxygens (including phenoxy) is 1. The lowest BCUT2D eigenvalue weighted by molar-refractivity contribution is -0.115. The molecule has 0 aliphatic carbocycles. The smallest absolute Gasteiger partial charge is 0.350 e. The number of anilines is 2. The number of hydrogen-bond acceptors (Lipinski definition) is 5. The summed E-state index contributed by atoms with van der Waals surface area (Å²) < 4.78 is 4.73. The summed E-state index contributed by atoms with van der Waals surface area (Å²) in [6.07, 6.45) is 0. The van der Waals surface area contributed by atoms with E-state index < -0.39 is 5.97 Å². The fraction of sp³-hybridized carbons (Fsp3) is 0.333. The summed E-state index contributed by atoms with van der Waals surface area (Å²) in [5.41, 5.74) is 2.65. The molecule has 128 valence electrons. The molecule has 0 radical (unpaired) electrons. The second kappa shape index (κ2) is 7.97. The highest BCUT2D eigenvalue weighted by Gasteiger charge is 2.18. The molecule has 1 N–H and O–H groups in total. The summed E-state index contributed by atoms with van der Waals surface area (Å²) in [5, 5.41) is 4.55. The van der Waals surface area contributed by atoms with Crippen molar-refractivity contribution >= 4 is 34.6 Å². The normalized spacial score (nSPS) is 10.5. The predicted molar refractivity (Wildman–Crippen MR) is 97.9 cm³/mol. The second-order valence-corrected chi connectivity index (χ2v) is 6.68. The highest BCUT2D eigenvalue weighted by atomic mass is 32.1. The maximum atomic E-state index is 12.4. The Morgan fingerprint density at radius 3 is 2.46 bits per heavy atom. The Hall–Kier alpha value is -2.34. The molecule has 1 amide bonds. The first-order chi connectivity index (χ1) is 11.4. The van der Waals surface area contributed by atoms with Crippen molar-refractivity contribution in [2.24, 2.45) is 0 Å². The number of esters is 1. The van der Waals surface area contributed by atoms with Crippen molar-refractivity contribution in [2.75, 3.05) is 23.9 Å². The van der Waals surface area contributed by atoms with Crippen molar-refractivity contribution in [3.8, 4) is 0 Å². The maximum absolute atomic E-state index is 12.4. The van der Waals surface area contributed by atoms with E-state index in [2.05, 4.69) is 5.32 Å². The fourth-order valence-corrected chi connectivity index (χ4v) is 3.08. The van der Waals surface area contributed by atoms with Gasteiger partial charge in [0.25, 0.3) is 0 Å². The number of rotatable bonds is 6. The van der Waals surface area contributed by atoms with Crippen LogP contribution in [0.3, 0.4) is 0 Å². The van der Waals surface area contributed by atoms with Gasteiger partial charge in [0.2, 0.25) is 5.91 Å². The van der Waals surface area contributed by atoms with Crippen LogP contribution >= 0.6 is 11.3 Å².